The maximum Gasteiger partial charge on any atom is 0.171 e. The Morgan fingerprint density at radius 3 is 1.39 bits per heavy atom. The third-order valence-electron chi connectivity index (χ3n) is 3.54. The zero-order valence-corrected chi connectivity index (χ0v) is 18.3. The molecule has 23 heavy (non-hydrogen) atoms. The second-order valence-electron chi connectivity index (χ2n) is 8.43. The van der Waals surface area contributed by atoms with Crippen molar-refractivity contribution in [2.45, 2.75) is 39.3 Å². The van der Waals surface area contributed by atoms with Crippen molar-refractivity contribution in [3.05, 3.63) is 60.7 Å². The molecule has 0 saturated carbocycles. The van der Waals surface area contributed by atoms with Gasteiger partial charge in [0.05, 0.1) is 8.07 Å². The summed E-state index contributed by atoms with van der Waals surface area (Å²) in [5, 5.41) is 2.91. The molecule has 2 aromatic carbocycles. The van der Waals surface area contributed by atoms with Crippen LogP contribution in [0.5, 0.6) is 0 Å². The molecule has 0 aliphatic carbocycles. The highest BCUT2D eigenvalue weighted by molar-refractivity contribution is 7.83. The molecule has 0 radical (unpaired) electrons. The lowest BCUT2D eigenvalue weighted by Gasteiger charge is -2.34. The molecule has 0 heterocycles. The van der Waals surface area contributed by atoms with Gasteiger partial charge in [0, 0.05) is 7.05 Å². The fourth-order valence-electron chi connectivity index (χ4n) is 3.03. The van der Waals surface area contributed by atoms with Crippen LogP contribution in [-0.4, -0.2) is 22.1 Å². The zero-order valence-electron chi connectivity index (χ0n) is 15.4. The van der Waals surface area contributed by atoms with Gasteiger partial charge in [-0.1, -0.05) is 99.9 Å². The number of benzene rings is 2. The average Bonchev–Trinajstić information content (AvgIpc) is 2.45. The summed E-state index contributed by atoms with van der Waals surface area (Å²) >= 11 is 0. The predicted molar refractivity (Wildman–Crippen MR) is 113 cm³/mol. The standard InChI is InChI=1S/C19H30NPSi2/c1-22(2,3)17-21(20-23(4,5)6,18-13-9-7-10-14-18)19-15-11-8-12-16-19/h7-16H,17H2,1-6H3. The Kier molecular flexibility index (Phi) is 5.55. The van der Waals surface area contributed by atoms with Gasteiger partial charge < -0.3 is 4.41 Å². The molecule has 0 spiro atoms. The van der Waals surface area contributed by atoms with Crippen LogP contribution in [0.1, 0.15) is 0 Å². The van der Waals surface area contributed by atoms with E-state index in [9.17, 15) is 0 Å². The van der Waals surface area contributed by atoms with Crippen molar-refractivity contribution in [1.82, 2.24) is 0 Å². The predicted octanol–water partition coefficient (Wildman–Crippen LogP) is 5.55. The second kappa shape index (κ2) is 6.92. The van der Waals surface area contributed by atoms with E-state index in [4.69, 9.17) is 4.41 Å². The van der Waals surface area contributed by atoms with E-state index in [0.717, 1.165) is 0 Å². The molecule has 0 aliphatic rings. The third kappa shape index (κ3) is 5.04. The van der Waals surface area contributed by atoms with Crippen LogP contribution in [0.4, 0.5) is 0 Å². The van der Waals surface area contributed by atoms with E-state index in [0.29, 0.717) is 0 Å². The van der Waals surface area contributed by atoms with E-state index in [1.54, 1.807) is 0 Å². The van der Waals surface area contributed by atoms with Crippen LogP contribution >= 0.6 is 7.05 Å². The first kappa shape index (κ1) is 18.4. The van der Waals surface area contributed by atoms with Crippen LogP contribution in [0.25, 0.3) is 0 Å². The molecule has 0 aliphatic heterocycles. The SMILES string of the molecule is C[Si](C)(C)CP(=N[Si](C)(C)C)(c1ccccc1)c1ccccc1. The monoisotopic (exact) mass is 359 g/mol. The summed E-state index contributed by atoms with van der Waals surface area (Å²) in [5.41, 5.74) is 0. The number of hydrogen-bond donors (Lipinski definition) is 0. The average molecular weight is 360 g/mol. The van der Waals surface area contributed by atoms with E-state index in [2.05, 4.69) is 99.9 Å². The van der Waals surface area contributed by atoms with E-state index >= 15 is 0 Å². The van der Waals surface area contributed by atoms with Gasteiger partial charge in [0.1, 0.15) is 0 Å². The summed E-state index contributed by atoms with van der Waals surface area (Å²) in [6.45, 7) is 14.6. The minimum atomic E-state index is -1.70. The molecule has 0 amide bonds. The fraction of sp³-hybridized carbons (Fsp3) is 0.368. The molecular formula is C19H30NPSi2. The molecule has 1 nitrogen and oxygen atoms in total. The van der Waals surface area contributed by atoms with Gasteiger partial charge in [-0.05, 0) is 16.4 Å². The lowest BCUT2D eigenvalue weighted by atomic mass is 10.4. The van der Waals surface area contributed by atoms with Crippen LogP contribution in [0, 0.1) is 0 Å². The topological polar surface area (TPSA) is 12.4 Å². The third-order valence-corrected chi connectivity index (χ3v) is 15.2. The molecule has 2 aromatic rings. The van der Waals surface area contributed by atoms with E-state index in [1.165, 1.54) is 16.4 Å². The van der Waals surface area contributed by atoms with Crippen LogP contribution in [0.2, 0.25) is 39.3 Å². The Morgan fingerprint density at radius 1 is 0.696 bits per heavy atom. The van der Waals surface area contributed by atoms with Gasteiger partial charge in [-0.15, -0.1) is 0 Å². The van der Waals surface area contributed by atoms with Crippen molar-refractivity contribution in [2.24, 2.45) is 4.41 Å². The van der Waals surface area contributed by atoms with E-state index in [1.807, 2.05) is 0 Å². The Balaban J connectivity index is 2.82. The Morgan fingerprint density at radius 2 is 1.09 bits per heavy atom. The second-order valence-corrected chi connectivity index (χ2v) is 22.5. The highest BCUT2D eigenvalue weighted by atomic mass is 31.2. The molecule has 0 fully saturated rings. The number of rotatable bonds is 5. The largest absolute Gasteiger partial charge is 0.329 e. The zero-order chi connectivity index (χ0) is 17.1. The van der Waals surface area contributed by atoms with Crippen LogP contribution in [0.15, 0.2) is 65.1 Å². The van der Waals surface area contributed by atoms with Gasteiger partial charge in [0.2, 0.25) is 0 Å². The van der Waals surface area contributed by atoms with E-state index in [-0.39, 0.29) is 0 Å². The number of nitrogens with zero attached hydrogens (tertiary/aromatic N) is 1. The molecule has 0 atom stereocenters. The molecule has 0 saturated heterocycles. The van der Waals surface area contributed by atoms with Gasteiger partial charge >= 0.3 is 0 Å². The quantitative estimate of drug-likeness (QED) is 0.490. The first-order chi connectivity index (χ1) is 10.6. The molecule has 4 heteroatoms. The minimum Gasteiger partial charge on any atom is -0.329 e. The smallest absolute Gasteiger partial charge is 0.171 e. The molecule has 0 N–H and O–H groups in total. The molecule has 0 unspecified atom stereocenters. The molecular weight excluding hydrogens is 329 g/mol. The lowest BCUT2D eigenvalue weighted by Crippen LogP contribution is -2.34. The summed E-state index contributed by atoms with van der Waals surface area (Å²) < 4.78 is 5.65. The van der Waals surface area contributed by atoms with Crippen molar-refractivity contribution in [1.29, 1.82) is 0 Å². The van der Waals surface area contributed by atoms with Crippen LogP contribution < -0.4 is 10.6 Å². The van der Waals surface area contributed by atoms with Crippen LogP contribution in [0.3, 0.4) is 0 Å². The van der Waals surface area contributed by atoms with Crippen molar-refractivity contribution < 1.29 is 0 Å². The molecule has 124 valence electrons. The van der Waals surface area contributed by atoms with Crippen molar-refractivity contribution in [3.8, 4) is 0 Å². The van der Waals surface area contributed by atoms with Crippen molar-refractivity contribution >= 4 is 34.0 Å². The molecule has 0 aromatic heterocycles. The lowest BCUT2D eigenvalue weighted by molar-refractivity contribution is 1.56. The van der Waals surface area contributed by atoms with Crippen molar-refractivity contribution in [3.63, 3.8) is 0 Å². The van der Waals surface area contributed by atoms with Gasteiger partial charge in [0.15, 0.2) is 8.24 Å². The Hall–Kier alpha value is -0.896. The normalized spacial score (nSPS) is 13.0. The Labute approximate surface area is 144 Å². The van der Waals surface area contributed by atoms with Gasteiger partial charge in [-0.2, -0.15) is 0 Å². The summed E-state index contributed by atoms with van der Waals surface area (Å²) in [7, 11) is -4.54. The maximum absolute atomic E-state index is 5.65. The minimum absolute atomic E-state index is 1.26. The highest BCUT2D eigenvalue weighted by Crippen LogP contribution is 2.50. The summed E-state index contributed by atoms with van der Waals surface area (Å²) in [6.07, 6.45) is 0. The summed E-state index contributed by atoms with van der Waals surface area (Å²) in [6, 6.07) is 22.2. The summed E-state index contributed by atoms with van der Waals surface area (Å²) in [5.74, 6) is 1.26. The van der Waals surface area contributed by atoms with Gasteiger partial charge in [-0.3, -0.25) is 0 Å². The van der Waals surface area contributed by atoms with Crippen molar-refractivity contribution in [2.75, 3.05) is 5.79 Å². The van der Waals surface area contributed by atoms with Gasteiger partial charge in [0.25, 0.3) is 0 Å². The molecule has 2 rings (SSSR count). The Bertz CT molecular complexity index is 639. The maximum atomic E-state index is 5.65. The number of hydrogen-bond acceptors (Lipinski definition) is 1. The van der Waals surface area contributed by atoms with Crippen LogP contribution in [-0.2, 0) is 0 Å². The molecule has 0 bridgehead atoms. The van der Waals surface area contributed by atoms with Gasteiger partial charge in [-0.25, -0.2) is 0 Å². The first-order valence-electron chi connectivity index (χ1n) is 8.36. The highest BCUT2D eigenvalue weighted by Gasteiger charge is 2.32. The first-order valence-corrected chi connectivity index (χ1v) is 17.4. The van der Waals surface area contributed by atoms with E-state index < -0.39 is 23.4 Å². The fourth-order valence-corrected chi connectivity index (χ4v) is 17.6. The summed E-state index contributed by atoms with van der Waals surface area (Å²) in [4.78, 5) is 0.